The number of ether oxygens (including phenoxy) is 2. The summed E-state index contributed by atoms with van der Waals surface area (Å²) >= 11 is 6.17. The highest BCUT2D eigenvalue weighted by atomic mass is 35.5. The van der Waals surface area contributed by atoms with Crippen LogP contribution in [0.3, 0.4) is 0 Å². The Morgan fingerprint density at radius 2 is 2.04 bits per heavy atom. The van der Waals surface area contributed by atoms with E-state index in [2.05, 4.69) is 5.32 Å². The molecule has 2 N–H and O–H groups in total. The van der Waals surface area contributed by atoms with Crippen LogP contribution in [0.2, 0.25) is 5.02 Å². The second kappa shape index (κ2) is 9.48. The van der Waals surface area contributed by atoms with Crippen LogP contribution in [0.1, 0.15) is 19.8 Å². The van der Waals surface area contributed by atoms with Gasteiger partial charge in [-0.05, 0) is 31.9 Å². The Morgan fingerprint density at radius 3 is 2.68 bits per heavy atom. The van der Waals surface area contributed by atoms with Gasteiger partial charge in [0.05, 0.1) is 23.2 Å². The number of urea groups is 1. The number of aliphatic carboxylic acids is 1. The minimum atomic E-state index is -0.806. The number of carbonyl (C=O) groups is 2. The molecule has 0 spiro atoms. The summed E-state index contributed by atoms with van der Waals surface area (Å²) in [6, 6.07) is 4.83. The molecule has 1 fully saturated rings. The quantitative estimate of drug-likeness (QED) is 0.720. The topological polar surface area (TPSA) is 88.1 Å². The molecule has 0 saturated carbocycles. The molecule has 1 saturated heterocycles. The molecule has 138 valence electrons. The van der Waals surface area contributed by atoms with Crippen LogP contribution in [-0.2, 0) is 9.53 Å². The number of para-hydroxylation sites is 1. The Balaban J connectivity index is 1.96. The van der Waals surface area contributed by atoms with Crippen molar-refractivity contribution in [3.8, 4) is 5.75 Å². The summed E-state index contributed by atoms with van der Waals surface area (Å²) in [5.41, 5.74) is 0.481. The van der Waals surface area contributed by atoms with E-state index in [0.29, 0.717) is 62.2 Å². The predicted molar refractivity (Wildman–Crippen MR) is 94.4 cm³/mol. The van der Waals surface area contributed by atoms with E-state index < -0.39 is 5.97 Å². The summed E-state index contributed by atoms with van der Waals surface area (Å²) in [5.74, 6) is -0.787. The Labute approximate surface area is 151 Å². The highest BCUT2D eigenvalue weighted by Crippen LogP contribution is 2.33. The van der Waals surface area contributed by atoms with E-state index in [4.69, 9.17) is 26.2 Å². The molecule has 0 aliphatic carbocycles. The van der Waals surface area contributed by atoms with Gasteiger partial charge in [-0.3, -0.25) is 4.79 Å². The number of piperidine rings is 1. The molecule has 2 amide bonds. The molecular weight excluding hydrogens is 348 g/mol. The molecular formula is C17H23ClN2O5. The Morgan fingerprint density at radius 1 is 1.32 bits per heavy atom. The molecule has 0 radical (unpaired) electrons. The number of carboxylic acids is 1. The van der Waals surface area contributed by atoms with Gasteiger partial charge in [0, 0.05) is 19.7 Å². The number of hydrogen-bond donors (Lipinski definition) is 2. The summed E-state index contributed by atoms with van der Waals surface area (Å²) in [5, 5.41) is 12.2. The number of carbonyl (C=O) groups excluding carboxylic acids is 1. The molecule has 0 bridgehead atoms. The second-order valence-electron chi connectivity index (χ2n) is 5.69. The number of hydrogen-bond acceptors (Lipinski definition) is 4. The number of likely N-dealkylation sites (tertiary alicyclic amines) is 1. The van der Waals surface area contributed by atoms with E-state index in [-0.39, 0.29) is 11.9 Å². The van der Waals surface area contributed by atoms with Gasteiger partial charge in [0.15, 0.2) is 5.75 Å². The smallest absolute Gasteiger partial charge is 0.321 e. The average molecular weight is 371 g/mol. The number of rotatable bonds is 7. The number of carboxylic acid groups (broad SMARTS) is 1. The molecule has 2 rings (SSSR count). The standard InChI is InChI=1S/C17H23ClN2O5/c1-2-24-10-11-25-15-13(18)4-3-5-14(15)19-17(23)20-8-6-12(7-9-20)16(21)22/h3-5,12H,2,6-11H2,1H3,(H,19,23)(H,21,22). The van der Waals surface area contributed by atoms with E-state index in [1.54, 1.807) is 23.1 Å². The Hall–Kier alpha value is -1.99. The lowest BCUT2D eigenvalue weighted by Gasteiger charge is -2.30. The van der Waals surface area contributed by atoms with Crippen molar-refractivity contribution in [2.24, 2.45) is 5.92 Å². The number of halogens is 1. The fourth-order valence-corrected chi connectivity index (χ4v) is 2.85. The normalized spacial score (nSPS) is 15.0. The van der Waals surface area contributed by atoms with E-state index in [0.717, 1.165) is 0 Å². The number of benzene rings is 1. The third kappa shape index (κ3) is 5.51. The van der Waals surface area contributed by atoms with Crippen molar-refractivity contribution in [1.82, 2.24) is 4.90 Å². The van der Waals surface area contributed by atoms with Crippen LogP contribution in [0.25, 0.3) is 0 Å². The van der Waals surface area contributed by atoms with Crippen LogP contribution in [0.5, 0.6) is 5.75 Å². The molecule has 8 heteroatoms. The van der Waals surface area contributed by atoms with Crippen molar-refractivity contribution < 1.29 is 24.2 Å². The molecule has 1 heterocycles. The number of amides is 2. The Kier molecular flexibility index (Phi) is 7.33. The van der Waals surface area contributed by atoms with Crippen LogP contribution < -0.4 is 10.1 Å². The molecule has 1 aromatic rings. The molecule has 1 aromatic carbocycles. The van der Waals surface area contributed by atoms with Crippen LogP contribution in [0.4, 0.5) is 10.5 Å². The molecule has 1 aliphatic heterocycles. The van der Waals surface area contributed by atoms with Gasteiger partial charge < -0.3 is 24.8 Å². The molecule has 1 aliphatic rings. The molecule has 0 atom stereocenters. The maximum atomic E-state index is 12.4. The van der Waals surface area contributed by atoms with E-state index in [1.165, 1.54) is 0 Å². The second-order valence-corrected chi connectivity index (χ2v) is 6.10. The Bertz CT molecular complexity index is 603. The monoisotopic (exact) mass is 370 g/mol. The summed E-state index contributed by atoms with van der Waals surface area (Å²) in [6.07, 6.45) is 0.909. The van der Waals surface area contributed by atoms with Gasteiger partial charge in [0.1, 0.15) is 6.61 Å². The number of nitrogens with zero attached hydrogens (tertiary/aromatic N) is 1. The first-order valence-corrected chi connectivity index (χ1v) is 8.68. The van der Waals surface area contributed by atoms with Crippen molar-refractivity contribution in [3.63, 3.8) is 0 Å². The van der Waals surface area contributed by atoms with Gasteiger partial charge in [-0.2, -0.15) is 0 Å². The van der Waals surface area contributed by atoms with Crippen LogP contribution in [0.15, 0.2) is 18.2 Å². The fraction of sp³-hybridized carbons (Fsp3) is 0.529. The lowest BCUT2D eigenvalue weighted by molar-refractivity contribution is -0.143. The zero-order chi connectivity index (χ0) is 18.2. The lowest BCUT2D eigenvalue weighted by atomic mass is 9.97. The van der Waals surface area contributed by atoms with E-state index in [9.17, 15) is 9.59 Å². The highest BCUT2D eigenvalue weighted by Gasteiger charge is 2.27. The maximum Gasteiger partial charge on any atom is 0.321 e. The number of nitrogens with one attached hydrogen (secondary N) is 1. The van der Waals surface area contributed by atoms with Gasteiger partial charge in [0.2, 0.25) is 0 Å². The first-order valence-electron chi connectivity index (χ1n) is 8.30. The average Bonchev–Trinajstić information content (AvgIpc) is 2.60. The summed E-state index contributed by atoms with van der Waals surface area (Å²) in [7, 11) is 0. The maximum absolute atomic E-state index is 12.4. The van der Waals surface area contributed by atoms with Gasteiger partial charge in [-0.1, -0.05) is 17.7 Å². The minimum absolute atomic E-state index is 0.291. The lowest BCUT2D eigenvalue weighted by Crippen LogP contribution is -2.42. The largest absolute Gasteiger partial charge is 0.487 e. The third-order valence-corrected chi connectivity index (χ3v) is 4.32. The third-order valence-electron chi connectivity index (χ3n) is 4.02. The minimum Gasteiger partial charge on any atom is -0.487 e. The molecule has 0 unspecified atom stereocenters. The number of anilines is 1. The van der Waals surface area contributed by atoms with Crippen molar-refractivity contribution >= 4 is 29.3 Å². The van der Waals surface area contributed by atoms with Crippen LogP contribution in [0, 0.1) is 5.92 Å². The van der Waals surface area contributed by atoms with Gasteiger partial charge >= 0.3 is 12.0 Å². The fourth-order valence-electron chi connectivity index (χ4n) is 2.62. The van der Waals surface area contributed by atoms with E-state index >= 15 is 0 Å². The SMILES string of the molecule is CCOCCOc1c(Cl)cccc1NC(=O)N1CCC(C(=O)O)CC1. The van der Waals surface area contributed by atoms with Crippen molar-refractivity contribution in [2.45, 2.75) is 19.8 Å². The van der Waals surface area contributed by atoms with Crippen molar-refractivity contribution in [3.05, 3.63) is 23.2 Å². The van der Waals surface area contributed by atoms with Crippen molar-refractivity contribution in [1.29, 1.82) is 0 Å². The summed E-state index contributed by atoms with van der Waals surface area (Å²) < 4.78 is 10.9. The first kappa shape index (κ1) is 19.3. The van der Waals surface area contributed by atoms with E-state index in [1.807, 2.05) is 6.92 Å². The van der Waals surface area contributed by atoms with Gasteiger partial charge in [-0.25, -0.2) is 4.79 Å². The first-order chi connectivity index (χ1) is 12.0. The zero-order valence-electron chi connectivity index (χ0n) is 14.2. The van der Waals surface area contributed by atoms with Crippen LogP contribution in [-0.4, -0.2) is 54.9 Å². The van der Waals surface area contributed by atoms with Crippen molar-refractivity contribution in [2.75, 3.05) is 38.2 Å². The summed E-state index contributed by atoms with van der Waals surface area (Å²) in [6.45, 7) is 4.06. The molecule has 0 aromatic heterocycles. The van der Waals surface area contributed by atoms with Gasteiger partial charge in [0.25, 0.3) is 0 Å². The molecule has 25 heavy (non-hydrogen) atoms. The highest BCUT2D eigenvalue weighted by molar-refractivity contribution is 6.32. The zero-order valence-corrected chi connectivity index (χ0v) is 14.9. The van der Waals surface area contributed by atoms with Gasteiger partial charge in [-0.15, -0.1) is 0 Å². The predicted octanol–water partition coefficient (Wildman–Crippen LogP) is 3.08. The molecule has 7 nitrogen and oxygen atoms in total. The summed E-state index contributed by atoms with van der Waals surface area (Å²) in [4.78, 5) is 25.0. The van der Waals surface area contributed by atoms with Crippen LogP contribution >= 0.6 is 11.6 Å².